The zero-order chi connectivity index (χ0) is 15.6. The van der Waals surface area contributed by atoms with Gasteiger partial charge < -0.3 is 14.4 Å². The van der Waals surface area contributed by atoms with Crippen LogP contribution in [0.3, 0.4) is 0 Å². The SMILES string of the molecule is CCOc1cc(C=O)cc2c1OC(C(C)C)C(=O)N2CC. The van der Waals surface area contributed by atoms with E-state index in [4.69, 9.17) is 9.47 Å². The number of ether oxygens (including phenoxy) is 2. The van der Waals surface area contributed by atoms with E-state index in [1.54, 1.807) is 17.0 Å². The molecule has 0 aliphatic carbocycles. The van der Waals surface area contributed by atoms with E-state index >= 15 is 0 Å². The predicted octanol–water partition coefficient (Wildman–Crippen LogP) is 2.67. The molecule has 1 heterocycles. The van der Waals surface area contributed by atoms with Crippen molar-refractivity contribution < 1.29 is 19.1 Å². The molecule has 0 spiro atoms. The van der Waals surface area contributed by atoms with E-state index in [0.717, 1.165) is 6.29 Å². The monoisotopic (exact) mass is 291 g/mol. The largest absolute Gasteiger partial charge is 0.490 e. The fraction of sp³-hybridized carbons (Fsp3) is 0.500. The van der Waals surface area contributed by atoms with Gasteiger partial charge in [0.15, 0.2) is 17.6 Å². The van der Waals surface area contributed by atoms with Crippen LogP contribution >= 0.6 is 0 Å². The molecular formula is C16H21NO4. The molecule has 5 nitrogen and oxygen atoms in total. The number of benzene rings is 1. The molecule has 1 atom stereocenters. The Hall–Kier alpha value is -2.04. The number of hydrogen-bond acceptors (Lipinski definition) is 4. The second kappa shape index (κ2) is 6.16. The highest BCUT2D eigenvalue weighted by molar-refractivity contribution is 6.01. The number of fused-ring (bicyclic) bond motifs is 1. The minimum atomic E-state index is -0.529. The summed E-state index contributed by atoms with van der Waals surface area (Å²) in [5.74, 6) is 1.03. The summed E-state index contributed by atoms with van der Waals surface area (Å²) < 4.78 is 11.5. The van der Waals surface area contributed by atoms with Crippen molar-refractivity contribution in [2.75, 3.05) is 18.1 Å². The van der Waals surface area contributed by atoms with Crippen molar-refractivity contribution in [3.05, 3.63) is 17.7 Å². The number of carbonyl (C=O) groups excluding carboxylic acids is 2. The van der Waals surface area contributed by atoms with Crippen molar-refractivity contribution in [3.8, 4) is 11.5 Å². The van der Waals surface area contributed by atoms with Gasteiger partial charge in [0, 0.05) is 12.1 Å². The van der Waals surface area contributed by atoms with E-state index in [-0.39, 0.29) is 11.8 Å². The van der Waals surface area contributed by atoms with Gasteiger partial charge in [-0.15, -0.1) is 0 Å². The molecule has 5 heteroatoms. The highest BCUT2D eigenvalue weighted by Crippen LogP contribution is 2.43. The van der Waals surface area contributed by atoms with Crippen molar-refractivity contribution in [1.29, 1.82) is 0 Å². The molecule has 1 amide bonds. The number of anilines is 1. The molecule has 1 unspecified atom stereocenters. The standard InChI is InChI=1S/C16H21NO4/c1-5-17-12-7-11(9-18)8-13(20-6-2)15(12)21-14(10(3)4)16(17)19/h7-10,14H,5-6H2,1-4H3. The average molecular weight is 291 g/mol. The second-order valence-electron chi connectivity index (χ2n) is 5.28. The zero-order valence-corrected chi connectivity index (χ0v) is 12.9. The molecule has 0 bridgehead atoms. The summed E-state index contributed by atoms with van der Waals surface area (Å²) in [7, 11) is 0. The smallest absolute Gasteiger partial charge is 0.268 e. The van der Waals surface area contributed by atoms with Crippen LogP contribution < -0.4 is 14.4 Å². The Morgan fingerprint density at radius 1 is 1.38 bits per heavy atom. The Bertz CT molecular complexity index is 553. The molecule has 0 saturated carbocycles. The van der Waals surface area contributed by atoms with E-state index in [1.165, 1.54) is 0 Å². The highest BCUT2D eigenvalue weighted by atomic mass is 16.5. The summed E-state index contributed by atoms with van der Waals surface area (Å²) in [6.07, 6.45) is 0.217. The van der Waals surface area contributed by atoms with Crippen molar-refractivity contribution in [1.82, 2.24) is 0 Å². The molecule has 0 fully saturated rings. The summed E-state index contributed by atoms with van der Waals surface area (Å²) in [6, 6.07) is 3.32. The number of nitrogens with zero attached hydrogens (tertiary/aromatic N) is 1. The predicted molar refractivity (Wildman–Crippen MR) is 80.3 cm³/mol. The Morgan fingerprint density at radius 2 is 2.10 bits per heavy atom. The van der Waals surface area contributed by atoms with Gasteiger partial charge >= 0.3 is 0 Å². The zero-order valence-electron chi connectivity index (χ0n) is 12.9. The molecule has 21 heavy (non-hydrogen) atoms. The molecule has 0 saturated heterocycles. The molecule has 1 aromatic rings. The topological polar surface area (TPSA) is 55.8 Å². The summed E-state index contributed by atoms with van der Waals surface area (Å²) in [5, 5.41) is 0. The Balaban J connectivity index is 2.59. The van der Waals surface area contributed by atoms with Crippen LogP contribution in [0.4, 0.5) is 5.69 Å². The molecule has 114 valence electrons. The normalized spacial score (nSPS) is 17.5. The first kappa shape index (κ1) is 15.4. The number of rotatable bonds is 5. The van der Waals surface area contributed by atoms with Crippen LogP contribution in [0.1, 0.15) is 38.1 Å². The third-order valence-electron chi connectivity index (χ3n) is 3.46. The summed E-state index contributed by atoms with van der Waals surface area (Å²) in [6.45, 7) is 8.64. The summed E-state index contributed by atoms with van der Waals surface area (Å²) >= 11 is 0. The number of amides is 1. The lowest BCUT2D eigenvalue weighted by molar-refractivity contribution is -0.128. The van der Waals surface area contributed by atoms with Gasteiger partial charge in [-0.05, 0) is 31.9 Å². The van der Waals surface area contributed by atoms with Gasteiger partial charge in [-0.2, -0.15) is 0 Å². The maximum Gasteiger partial charge on any atom is 0.268 e. The van der Waals surface area contributed by atoms with E-state index in [0.29, 0.717) is 35.9 Å². The van der Waals surface area contributed by atoms with Gasteiger partial charge in [0.25, 0.3) is 5.91 Å². The molecule has 0 N–H and O–H groups in total. The maximum absolute atomic E-state index is 12.5. The van der Waals surface area contributed by atoms with Gasteiger partial charge in [-0.25, -0.2) is 0 Å². The first-order valence-electron chi connectivity index (χ1n) is 7.27. The number of aldehydes is 1. The third-order valence-corrected chi connectivity index (χ3v) is 3.46. The average Bonchev–Trinajstić information content (AvgIpc) is 2.46. The second-order valence-corrected chi connectivity index (χ2v) is 5.28. The van der Waals surface area contributed by atoms with E-state index in [2.05, 4.69) is 0 Å². The minimum absolute atomic E-state index is 0.0555. The number of likely N-dealkylation sites (N-methyl/N-ethyl adjacent to an activating group) is 1. The van der Waals surface area contributed by atoms with Crippen molar-refractivity contribution >= 4 is 17.9 Å². The van der Waals surface area contributed by atoms with Gasteiger partial charge in [-0.1, -0.05) is 13.8 Å². The van der Waals surface area contributed by atoms with E-state index < -0.39 is 6.10 Å². The number of hydrogen-bond donors (Lipinski definition) is 0. The first-order chi connectivity index (χ1) is 10.0. The summed E-state index contributed by atoms with van der Waals surface area (Å²) in [5.41, 5.74) is 1.07. The number of carbonyl (C=O) groups is 2. The Labute approximate surface area is 124 Å². The van der Waals surface area contributed by atoms with Crippen molar-refractivity contribution in [2.45, 2.75) is 33.8 Å². The molecule has 0 aromatic heterocycles. The third kappa shape index (κ3) is 2.73. The van der Waals surface area contributed by atoms with Crippen molar-refractivity contribution in [2.24, 2.45) is 5.92 Å². The van der Waals surface area contributed by atoms with Crippen LogP contribution in [0.5, 0.6) is 11.5 Å². The molecule has 1 aliphatic heterocycles. The van der Waals surface area contributed by atoms with Crippen LogP contribution in [-0.4, -0.2) is 31.4 Å². The Kier molecular flexibility index (Phi) is 4.50. The molecule has 0 radical (unpaired) electrons. The summed E-state index contributed by atoms with van der Waals surface area (Å²) in [4.78, 5) is 25.3. The van der Waals surface area contributed by atoms with E-state index in [9.17, 15) is 9.59 Å². The van der Waals surface area contributed by atoms with Crippen LogP contribution in [-0.2, 0) is 4.79 Å². The van der Waals surface area contributed by atoms with E-state index in [1.807, 2.05) is 27.7 Å². The molecule has 1 aliphatic rings. The lowest BCUT2D eigenvalue weighted by Gasteiger charge is -2.36. The van der Waals surface area contributed by atoms with Crippen LogP contribution in [0.2, 0.25) is 0 Å². The first-order valence-corrected chi connectivity index (χ1v) is 7.27. The fourth-order valence-corrected chi connectivity index (χ4v) is 2.46. The van der Waals surface area contributed by atoms with Gasteiger partial charge in [0.05, 0.1) is 12.3 Å². The van der Waals surface area contributed by atoms with Crippen LogP contribution in [0.25, 0.3) is 0 Å². The lowest BCUT2D eigenvalue weighted by Crippen LogP contribution is -2.48. The molecular weight excluding hydrogens is 270 g/mol. The van der Waals surface area contributed by atoms with Crippen LogP contribution in [0.15, 0.2) is 12.1 Å². The molecule has 2 rings (SSSR count). The maximum atomic E-state index is 12.5. The minimum Gasteiger partial charge on any atom is -0.490 e. The van der Waals surface area contributed by atoms with Gasteiger partial charge in [0.2, 0.25) is 0 Å². The van der Waals surface area contributed by atoms with Gasteiger partial charge in [-0.3, -0.25) is 9.59 Å². The van der Waals surface area contributed by atoms with Crippen molar-refractivity contribution in [3.63, 3.8) is 0 Å². The lowest BCUT2D eigenvalue weighted by atomic mass is 10.0. The molecule has 1 aromatic carbocycles. The Morgan fingerprint density at radius 3 is 2.62 bits per heavy atom. The van der Waals surface area contributed by atoms with Crippen LogP contribution in [0, 0.1) is 5.92 Å². The van der Waals surface area contributed by atoms with Gasteiger partial charge in [0.1, 0.15) is 6.29 Å². The fourth-order valence-electron chi connectivity index (χ4n) is 2.46. The highest BCUT2D eigenvalue weighted by Gasteiger charge is 2.37. The quantitative estimate of drug-likeness (QED) is 0.783.